The van der Waals surface area contributed by atoms with Crippen molar-refractivity contribution in [3.8, 4) is 0 Å². The quantitative estimate of drug-likeness (QED) is 0.420. The number of aliphatic hydroxyl groups excluding tert-OH is 4. The minimum absolute atomic E-state index is 0.238. The summed E-state index contributed by atoms with van der Waals surface area (Å²) in [6, 6.07) is 29.0. The molecule has 174 valence electrons. The van der Waals surface area contributed by atoms with Crippen LogP contribution in [0.25, 0.3) is 0 Å². The van der Waals surface area contributed by atoms with Crippen molar-refractivity contribution in [2.24, 2.45) is 0 Å². The molecule has 3 aromatic carbocycles. The van der Waals surface area contributed by atoms with Gasteiger partial charge in [-0.25, -0.2) is 0 Å². The van der Waals surface area contributed by atoms with E-state index in [9.17, 15) is 20.4 Å². The number of rotatable bonds is 8. The summed E-state index contributed by atoms with van der Waals surface area (Å²) < 4.78 is 12.3. The topological polar surface area (TPSA) is 99.4 Å². The third kappa shape index (κ3) is 5.50. The van der Waals surface area contributed by atoms with Gasteiger partial charge in [0.2, 0.25) is 0 Å². The Balaban J connectivity index is 1.76. The van der Waals surface area contributed by atoms with Gasteiger partial charge in [-0.1, -0.05) is 91.0 Å². The van der Waals surface area contributed by atoms with E-state index in [0.717, 1.165) is 16.7 Å². The maximum Gasteiger partial charge on any atom is 0.184 e. The third-order valence-electron chi connectivity index (χ3n) is 6.17. The largest absolute Gasteiger partial charge is 0.387 e. The first-order chi connectivity index (χ1) is 16.0. The molecule has 1 heterocycles. The van der Waals surface area contributed by atoms with E-state index in [1.807, 2.05) is 91.0 Å². The predicted octanol–water partition coefficient (Wildman–Crippen LogP) is 2.23. The van der Waals surface area contributed by atoms with Crippen LogP contribution in [-0.4, -0.2) is 56.7 Å². The minimum atomic E-state index is -1.65. The molecule has 1 saturated heterocycles. The van der Waals surface area contributed by atoms with E-state index >= 15 is 0 Å². The van der Waals surface area contributed by atoms with Crippen molar-refractivity contribution in [1.82, 2.24) is 0 Å². The normalized spacial score (nSPS) is 25.6. The Kier molecular flexibility index (Phi) is 7.55. The number of benzene rings is 3. The summed E-state index contributed by atoms with van der Waals surface area (Å²) in [6.07, 6.45) is -6.71. The maximum atomic E-state index is 11.0. The fourth-order valence-electron chi connectivity index (χ4n) is 4.43. The van der Waals surface area contributed by atoms with Crippen molar-refractivity contribution in [1.29, 1.82) is 0 Å². The molecule has 4 N–H and O–H groups in total. The van der Waals surface area contributed by atoms with Crippen LogP contribution in [0.2, 0.25) is 0 Å². The third-order valence-corrected chi connectivity index (χ3v) is 6.17. The van der Waals surface area contributed by atoms with Gasteiger partial charge < -0.3 is 29.9 Å². The summed E-state index contributed by atoms with van der Waals surface area (Å²) in [4.78, 5) is 0. The van der Waals surface area contributed by atoms with E-state index in [0.29, 0.717) is 12.8 Å². The van der Waals surface area contributed by atoms with E-state index in [2.05, 4.69) is 0 Å². The van der Waals surface area contributed by atoms with Crippen LogP contribution in [0.1, 0.15) is 16.7 Å². The number of aliphatic hydroxyl groups is 4. The van der Waals surface area contributed by atoms with Crippen LogP contribution in [-0.2, 0) is 28.9 Å². The molecule has 1 aliphatic heterocycles. The molecule has 0 bridgehead atoms. The molecule has 4 rings (SSSR count). The zero-order chi connectivity index (χ0) is 23.3. The molecule has 0 amide bonds. The Morgan fingerprint density at radius 3 is 1.55 bits per heavy atom. The van der Waals surface area contributed by atoms with Gasteiger partial charge in [0.1, 0.15) is 30.0 Å². The van der Waals surface area contributed by atoms with Crippen molar-refractivity contribution in [2.75, 3.05) is 0 Å². The summed E-state index contributed by atoms with van der Waals surface area (Å²) in [5, 5.41) is 41.8. The molecule has 6 nitrogen and oxygen atoms in total. The standard InChI is InChI=1S/C27H30O6/c28-22-23(29)25(33-26(31)24(22)30)27(16-19-10-4-1-5-11-19,17-20-12-6-2-7-13-20)32-18-21-14-8-3-9-15-21/h1-15,22-26,28-31H,16-18H2/t22-,23-,24-,25-,26-/m0/s1. The van der Waals surface area contributed by atoms with Crippen LogP contribution in [0.3, 0.4) is 0 Å². The average Bonchev–Trinajstić information content (AvgIpc) is 2.85. The van der Waals surface area contributed by atoms with Gasteiger partial charge in [-0.15, -0.1) is 0 Å². The van der Waals surface area contributed by atoms with Crippen LogP contribution >= 0.6 is 0 Å². The second kappa shape index (κ2) is 10.6. The zero-order valence-corrected chi connectivity index (χ0v) is 18.3. The van der Waals surface area contributed by atoms with Gasteiger partial charge in [0.05, 0.1) is 6.61 Å². The van der Waals surface area contributed by atoms with Crippen LogP contribution in [0, 0.1) is 0 Å². The zero-order valence-electron chi connectivity index (χ0n) is 18.3. The number of ether oxygens (including phenoxy) is 2. The summed E-state index contributed by atoms with van der Waals surface area (Å²) >= 11 is 0. The van der Waals surface area contributed by atoms with E-state index in [1.165, 1.54) is 0 Å². The summed E-state index contributed by atoms with van der Waals surface area (Å²) in [5.41, 5.74) is 1.69. The van der Waals surface area contributed by atoms with E-state index in [-0.39, 0.29) is 6.61 Å². The van der Waals surface area contributed by atoms with Crippen LogP contribution < -0.4 is 0 Å². The van der Waals surface area contributed by atoms with Crippen molar-refractivity contribution >= 4 is 0 Å². The van der Waals surface area contributed by atoms with Crippen LogP contribution in [0.4, 0.5) is 0 Å². The molecule has 0 aromatic heterocycles. The minimum Gasteiger partial charge on any atom is -0.387 e. The molecule has 3 aromatic rings. The molecular weight excluding hydrogens is 420 g/mol. The molecule has 0 radical (unpaired) electrons. The molecule has 0 saturated carbocycles. The second-order valence-corrected chi connectivity index (χ2v) is 8.58. The summed E-state index contributed by atoms with van der Waals surface area (Å²) in [6.45, 7) is 0.238. The monoisotopic (exact) mass is 450 g/mol. The molecule has 33 heavy (non-hydrogen) atoms. The first-order valence-electron chi connectivity index (χ1n) is 11.1. The highest BCUT2D eigenvalue weighted by Crippen LogP contribution is 2.36. The van der Waals surface area contributed by atoms with Crippen LogP contribution in [0.5, 0.6) is 0 Å². The second-order valence-electron chi connectivity index (χ2n) is 8.58. The Hall–Kier alpha value is -2.58. The van der Waals surface area contributed by atoms with Crippen molar-refractivity contribution in [3.63, 3.8) is 0 Å². The van der Waals surface area contributed by atoms with Gasteiger partial charge in [0, 0.05) is 12.8 Å². The molecule has 0 aliphatic carbocycles. The van der Waals surface area contributed by atoms with Gasteiger partial charge in [-0.05, 0) is 16.7 Å². The van der Waals surface area contributed by atoms with Crippen molar-refractivity contribution < 1.29 is 29.9 Å². The van der Waals surface area contributed by atoms with E-state index in [1.54, 1.807) is 0 Å². The molecular formula is C27H30O6. The Morgan fingerprint density at radius 1 is 0.606 bits per heavy atom. The molecule has 0 spiro atoms. The Bertz CT molecular complexity index is 940. The smallest absolute Gasteiger partial charge is 0.184 e. The average molecular weight is 451 g/mol. The highest BCUT2D eigenvalue weighted by molar-refractivity contribution is 5.24. The first kappa shape index (κ1) is 23.6. The Labute approximate surface area is 193 Å². The molecule has 6 heteroatoms. The molecule has 1 aliphatic rings. The SMILES string of the molecule is O[C@@H]1[C@H](O)[C@@H](O)O[C@H](C(Cc2ccccc2)(Cc2ccccc2)OCc2ccccc2)[C@H]1O. The lowest BCUT2D eigenvalue weighted by molar-refractivity contribution is -0.319. The molecule has 0 unspecified atom stereocenters. The van der Waals surface area contributed by atoms with Crippen LogP contribution in [0.15, 0.2) is 91.0 Å². The lowest BCUT2D eigenvalue weighted by atomic mass is 9.78. The summed E-state index contributed by atoms with van der Waals surface area (Å²) in [7, 11) is 0. The van der Waals surface area contributed by atoms with E-state index < -0.39 is 36.3 Å². The van der Waals surface area contributed by atoms with Gasteiger partial charge >= 0.3 is 0 Å². The first-order valence-corrected chi connectivity index (χ1v) is 11.1. The van der Waals surface area contributed by atoms with Crippen molar-refractivity contribution in [2.45, 2.75) is 55.8 Å². The van der Waals surface area contributed by atoms with Crippen molar-refractivity contribution in [3.05, 3.63) is 108 Å². The lowest BCUT2D eigenvalue weighted by Gasteiger charge is -2.48. The van der Waals surface area contributed by atoms with Gasteiger partial charge in [0.15, 0.2) is 6.29 Å². The van der Waals surface area contributed by atoms with Gasteiger partial charge in [-0.2, -0.15) is 0 Å². The predicted molar refractivity (Wildman–Crippen MR) is 123 cm³/mol. The Morgan fingerprint density at radius 2 is 1.06 bits per heavy atom. The lowest BCUT2D eigenvalue weighted by Crippen LogP contribution is -2.66. The maximum absolute atomic E-state index is 11.0. The highest BCUT2D eigenvalue weighted by atomic mass is 16.7. The fraction of sp³-hybridized carbons (Fsp3) is 0.333. The van der Waals surface area contributed by atoms with Gasteiger partial charge in [0.25, 0.3) is 0 Å². The molecule has 5 atom stereocenters. The number of hydrogen-bond acceptors (Lipinski definition) is 6. The van der Waals surface area contributed by atoms with E-state index in [4.69, 9.17) is 9.47 Å². The number of hydrogen-bond donors (Lipinski definition) is 4. The fourth-order valence-corrected chi connectivity index (χ4v) is 4.43. The molecule has 1 fully saturated rings. The van der Waals surface area contributed by atoms with Gasteiger partial charge in [-0.3, -0.25) is 0 Å². The summed E-state index contributed by atoms with van der Waals surface area (Å²) in [5.74, 6) is 0. The highest BCUT2D eigenvalue weighted by Gasteiger charge is 2.53.